The third-order valence-corrected chi connectivity index (χ3v) is 3.41. The molecule has 2 aromatic rings. The van der Waals surface area contributed by atoms with Gasteiger partial charge in [-0.15, -0.1) is 0 Å². The van der Waals surface area contributed by atoms with E-state index in [0.29, 0.717) is 5.69 Å². The molecule has 0 aliphatic heterocycles. The molecule has 0 aliphatic carbocycles. The summed E-state index contributed by atoms with van der Waals surface area (Å²) in [5.74, 6) is -0.0413. The number of nitrogen functional groups attached to an aromatic ring is 1. The second-order valence-electron chi connectivity index (χ2n) is 4.29. The molecule has 0 heterocycles. The van der Waals surface area contributed by atoms with Gasteiger partial charge in [0, 0.05) is 9.26 Å². The van der Waals surface area contributed by atoms with Crippen LogP contribution in [0.5, 0.6) is 0 Å². The summed E-state index contributed by atoms with van der Waals surface area (Å²) in [5, 5.41) is 0. The topological polar surface area (TPSA) is 43.1 Å². The van der Waals surface area contributed by atoms with Crippen molar-refractivity contribution in [2.75, 3.05) is 5.73 Å². The van der Waals surface area contributed by atoms with Gasteiger partial charge < -0.3 is 5.73 Å². The number of anilines is 1. The molecule has 0 saturated carbocycles. The van der Waals surface area contributed by atoms with Crippen molar-refractivity contribution in [1.82, 2.24) is 0 Å². The maximum atomic E-state index is 11.7. The summed E-state index contributed by atoms with van der Waals surface area (Å²) in [4.78, 5) is 11.7. The van der Waals surface area contributed by atoms with Crippen LogP contribution in [-0.4, -0.2) is 5.78 Å². The van der Waals surface area contributed by atoms with Gasteiger partial charge in [0.2, 0.25) is 0 Å². The van der Waals surface area contributed by atoms with E-state index in [4.69, 9.17) is 5.73 Å². The Morgan fingerprint density at radius 2 is 1.30 bits per heavy atom. The Balaban J connectivity index is 1.98. The molecule has 2 nitrogen and oxygen atoms in total. The minimum atomic E-state index is -0.0413. The highest BCUT2D eigenvalue weighted by Crippen LogP contribution is 2.09. The minimum absolute atomic E-state index is 0.0413. The molecule has 0 aromatic heterocycles. The van der Waals surface area contributed by atoms with Crippen molar-refractivity contribution in [1.29, 1.82) is 0 Å². The molecule has 20 heavy (non-hydrogen) atoms. The second kappa shape index (κ2) is 7.05. The number of rotatable bonds is 4. The molecule has 0 spiro atoms. The van der Waals surface area contributed by atoms with Gasteiger partial charge in [-0.1, -0.05) is 36.4 Å². The Bertz CT molecular complexity index is 582. The minimum Gasteiger partial charge on any atom is -0.399 e. The van der Waals surface area contributed by atoms with E-state index < -0.39 is 0 Å². The van der Waals surface area contributed by atoms with Crippen molar-refractivity contribution in [2.45, 2.75) is 0 Å². The fourth-order valence-electron chi connectivity index (χ4n) is 1.59. The van der Waals surface area contributed by atoms with Gasteiger partial charge in [0.05, 0.1) is 0 Å². The molecule has 2 N–H and O–H groups in total. The lowest BCUT2D eigenvalue weighted by molar-refractivity contribution is -0.110. The van der Waals surface area contributed by atoms with E-state index in [1.54, 1.807) is 18.2 Å². The van der Waals surface area contributed by atoms with Gasteiger partial charge in [-0.3, -0.25) is 4.79 Å². The number of nitrogens with two attached hydrogens (primary N) is 1. The molecule has 0 amide bonds. The van der Waals surface area contributed by atoms with Crippen molar-refractivity contribution in [3.8, 4) is 0 Å². The summed E-state index contributed by atoms with van der Waals surface area (Å²) in [6.07, 6.45) is 6.70. The van der Waals surface area contributed by atoms with Crippen LogP contribution in [0.2, 0.25) is 0 Å². The number of allylic oxidation sites excluding steroid dienone is 2. The molecule has 0 fully saturated rings. The number of hydrogen-bond acceptors (Lipinski definition) is 2. The summed E-state index contributed by atoms with van der Waals surface area (Å²) in [5.41, 5.74) is 8.28. The highest BCUT2D eigenvalue weighted by atomic mass is 127. The van der Waals surface area contributed by atoms with E-state index in [1.165, 1.54) is 3.57 Å². The number of ketones is 1. The van der Waals surface area contributed by atoms with Crippen LogP contribution in [-0.2, 0) is 4.79 Å². The fraction of sp³-hybridized carbons (Fsp3) is 0. The van der Waals surface area contributed by atoms with Crippen LogP contribution in [0.3, 0.4) is 0 Å². The lowest BCUT2D eigenvalue weighted by Crippen LogP contribution is -1.86. The lowest BCUT2D eigenvalue weighted by Gasteiger charge is -1.94. The monoisotopic (exact) mass is 375 g/mol. The normalized spacial score (nSPS) is 11.2. The predicted molar refractivity (Wildman–Crippen MR) is 93.1 cm³/mol. The van der Waals surface area contributed by atoms with Crippen LogP contribution in [0, 0.1) is 3.57 Å². The number of halogens is 1. The number of carbonyl (C=O) groups excluding carboxylic acids is 1. The average molecular weight is 375 g/mol. The Hall–Kier alpha value is -1.88. The quantitative estimate of drug-likeness (QED) is 0.495. The molecule has 100 valence electrons. The first-order chi connectivity index (χ1) is 9.63. The summed E-state index contributed by atoms with van der Waals surface area (Å²) < 4.78 is 1.18. The molecule has 3 heteroatoms. The van der Waals surface area contributed by atoms with Gasteiger partial charge in [0.1, 0.15) is 0 Å². The first-order valence-corrected chi connectivity index (χ1v) is 7.22. The van der Waals surface area contributed by atoms with Gasteiger partial charge in [0.15, 0.2) is 5.78 Å². The standard InChI is InChI=1S/C17H14INO/c18-15-7-1-13(2-8-15)5-11-17(20)12-6-14-3-9-16(19)10-4-14/h1-12H,19H2/b11-5+,12-6+. The fourth-order valence-corrected chi connectivity index (χ4v) is 1.95. The van der Waals surface area contributed by atoms with Gasteiger partial charge >= 0.3 is 0 Å². The van der Waals surface area contributed by atoms with Crippen LogP contribution in [0.15, 0.2) is 60.7 Å². The lowest BCUT2D eigenvalue weighted by atomic mass is 10.1. The third kappa shape index (κ3) is 4.66. The van der Waals surface area contributed by atoms with Crippen molar-refractivity contribution in [3.63, 3.8) is 0 Å². The highest BCUT2D eigenvalue weighted by Gasteiger charge is 1.92. The Morgan fingerprint density at radius 3 is 1.80 bits per heavy atom. The average Bonchev–Trinajstić information content (AvgIpc) is 2.46. The Labute approximate surface area is 132 Å². The zero-order valence-electron chi connectivity index (χ0n) is 10.8. The van der Waals surface area contributed by atoms with Gasteiger partial charge in [-0.25, -0.2) is 0 Å². The van der Waals surface area contributed by atoms with E-state index in [0.717, 1.165) is 11.1 Å². The Morgan fingerprint density at radius 1 is 0.850 bits per heavy atom. The zero-order chi connectivity index (χ0) is 14.4. The number of benzene rings is 2. The van der Waals surface area contributed by atoms with E-state index in [1.807, 2.05) is 54.6 Å². The molecule has 0 bridgehead atoms. The van der Waals surface area contributed by atoms with Gasteiger partial charge in [-0.05, 0) is 70.1 Å². The third-order valence-electron chi connectivity index (χ3n) is 2.69. The van der Waals surface area contributed by atoms with E-state index in [-0.39, 0.29) is 5.78 Å². The number of carbonyl (C=O) groups is 1. The second-order valence-corrected chi connectivity index (χ2v) is 5.53. The molecule has 0 unspecified atom stereocenters. The smallest absolute Gasteiger partial charge is 0.178 e. The summed E-state index contributed by atoms with van der Waals surface area (Å²) in [7, 11) is 0. The molecular formula is C17H14INO. The molecule has 0 atom stereocenters. The molecule has 0 aliphatic rings. The van der Waals surface area contributed by atoms with Crippen molar-refractivity contribution in [3.05, 3.63) is 75.4 Å². The maximum Gasteiger partial charge on any atom is 0.178 e. The van der Waals surface area contributed by atoms with Gasteiger partial charge in [0.25, 0.3) is 0 Å². The van der Waals surface area contributed by atoms with Crippen LogP contribution < -0.4 is 5.73 Å². The Kier molecular flexibility index (Phi) is 5.12. The SMILES string of the molecule is Nc1ccc(/C=C/C(=O)/C=C/c2ccc(I)cc2)cc1. The van der Waals surface area contributed by atoms with Gasteiger partial charge in [-0.2, -0.15) is 0 Å². The molecule has 2 rings (SSSR count). The summed E-state index contributed by atoms with van der Waals surface area (Å²) in [6.45, 7) is 0. The largest absolute Gasteiger partial charge is 0.399 e. The van der Waals surface area contributed by atoms with E-state index in [2.05, 4.69) is 22.6 Å². The zero-order valence-corrected chi connectivity index (χ0v) is 12.9. The molecule has 0 radical (unpaired) electrons. The molecular weight excluding hydrogens is 361 g/mol. The molecule has 2 aromatic carbocycles. The van der Waals surface area contributed by atoms with Crippen molar-refractivity contribution in [2.24, 2.45) is 0 Å². The first-order valence-electron chi connectivity index (χ1n) is 6.15. The summed E-state index contributed by atoms with van der Waals surface area (Å²) in [6, 6.07) is 15.4. The maximum absolute atomic E-state index is 11.7. The predicted octanol–water partition coefficient (Wildman–Crippen LogP) is 4.17. The summed E-state index contributed by atoms with van der Waals surface area (Å²) >= 11 is 2.25. The van der Waals surface area contributed by atoms with Crippen molar-refractivity contribution < 1.29 is 4.79 Å². The number of hydrogen-bond donors (Lipinski definition) is 1. The van der Waals surface area contributed by atoms with Crippen molar-refractivity contribution >= 4 is 46.2 Å². The molecule has 0 saturated heterocycles. The van der Waals surface area contributed by atoms with E-state index in [9.17, 15) is 4.79 Å². The van der Waals surface area contributed by atoms with Crippen LogP contribution in [0.1, 0.15) is 11.1 Å². The van der Waals surface area contributed by atoms with Crippen LogP contribution in [0.25, 0.3) is 12.2 Å². The first kappa shape index (κ1) is 14.5. The van der Waals surface area contributed by atoms with Crippen LogP contribution >= 0.6 is 22.6 Å². The van der Waals surface area contributed by atoms with Crippen LogP contribution in [0.4, 0.5) is 5.69 Å². The van der Waals surface area contributed by atoms with E-state index >= 15 is 0 Å². The highest BCUT2D eigenvalue weighted by molar-refractivity contribution is 14.1.